The topological polar surface area (TPSA) is 49.8 Å². The SMILES string of the molecule is C[C@H]1O[C@H]1C(=O)O. The van der Waals surface area contributed by atoms with Crippen LogP contribution >= 0.6 is 0 Å². The smallest absolute Gasteiger partial charge is 0.335 e. The van der Waals surface area contributed by atoms with Crippen LogP contribution in [-0.4, -0.2) is 23.3 Å². The van der Waals surface area contributed by atoms with Gasteiger partial charge in [-0.15, -0.1) is 0 Å². The van der Waals surface area contributed by atoms with Crippen molar-refractivity contribution in [3.63, 3.8) is 0 Å². The number of rotatable bonds is 1. The van der Waals surface area contributed by atoms with Crippen LogP contribution < -0.4 is 0 Å². The molecule has 40 valence electrons. The van der Waals surface area contributed by atoms with Crippen LogP contribution in [0.15, 0.2) is 0 Å². The fourth-order valence-electron chi connectivity index (χ4n) is 0.445. The molecule has 1 aliphatic rings. The minimum atomic E-state index is -0.854. The van der Waals surface area contributed by atoms with E-state index in [1.54, 1.807) is 6.92 Å². The molecule has 0 spiro atoms. The third-order valence-corrected chi connectivity index (χ3v) is 0.954. The van der Waals surface area contributed by atoms with Gasteiger partial charge in [-0.05, 0) is 6.92 Å². The van der Waals surface area contributed by atoms with Gasteiger partial charge in [0.15, 0.2) is 6.10 Å². The van der Waals surface area contributed by atoms with Gasteiger partial charge >= 0.3 is 5.97 Å². The first-order chi connectivity index (χ1) is 3.22. The quantitative estimate of drug-likeness (QED) is 0.469. The van der Waals surface area contributed by atoms with E-state index in [1.807, 2.05) is 0 Å². The second kappa shape index (κ2) is 1.20. The number of carboxylic acids is 1. The Morgan fingerprint density at radius 3 is 2.29 bits per heavy atom. The lowest BCUT2D eigenvalue weighted by Gasteiger charge is -1.74. The van der Waals surface area contributed by atoms with E-state index in [4.69, 9.17) is 5.11 Å². The summed E-state index contributed by atoms with van der Waals surface area (Å²) >= 11 is 0. The molecular weight excluding hydrogens is 96.0 g/mol. The van der Waals surface area contributed by atoms with E-state index in [2.05, 4.69) is 4.74 Å². The van der Waals surface area contributed by atoms with Crippen molar-refractivity contribution in [1.29, 1.82) is 0 Å². The molecular formula is C4H6O3. The molecule has 0 aromatic carbocycles. The molecule has 1 aliphatic heterocycles. The third-order valence-electron chi connectivity index (χ3n) is 0.954. The van der Waals surface area contributed by atoms with Crippen molar-refractivity contribution in [2.24, 2.45) is 0 Å². The average Bonchev–Trinajstić information content (AvgIpc) is 2.17. The summed E-state index contributed by atoms with van der Waals surface area (Å²) in [4.78, 5) is 9.85. The molecule has 0 amide bonds. The first kappa shape index (κ1) is 4.59. The summed E-state index contributed by atoms with van der Waals surface area (Å²) in [6.07, 6.45) is -0.572. The molecule has 0 bridgehead atoms. The number of carbonyl (C=O) groups is 1. The minimum Gasteiger partial charge on any atom is -0.479 e. The summed E-state index contributed by atoms with van der Waals surface area (Å²) < 4.78 is 4.58. The van der Waals surface area contributed by atoms with Crippen molar-refractivity contribution in [2.75, 3.05) is 0 Å². The molecule has 3 nitrogen and oxygen atoms in total. The van der Waals surface area contributed by atoms with Gasteiger partial charge in [0.25, 0.3) is 0 Å². The normalized spacial score (nSPS) is 37.9. The summed E-state index contributed by atoms with van der Waals surface area (Å²) in [5.41, 5.74) is 0. The predicted octanol–water partition coefficient (Wildman–Crippen LogP) is -0.142. The van der Waals surface area contributed by atoms with Crippen molar-refractivity contribution in [1.82, 2.24) is 0 Å². The van der Waals surface area contributed by atoms with E-state index in [1.165, 1.54) is 0 Å². The first-order valence-corrected chi connectivity index (χ1v) is 2.10. The van der Waals surface area contributed by atoms with Gasteiger partial charge < -0.3 is 9.84 Å². The first-order valence-electron chi connectivity index (χ1n) is 2.10. The standard InChI is InChI=1S/C4H6O3/c1-2-3(7-2)4(5)6/h2-3H,1H3,(H,5,6)/t2-,3-/m1/s1. The zero-order chi connectivity index (χ0) is 5.44. The van der Waals surface area contributed by atoms with E-state index >= 15 is 0 Å². The lowest BCUT2D eigenvalue weighted by molar-refractivity contribution is -0.138. The largest absolute Gasteiger partial charge is 0.479 e. The molecule has 0 aromatic heterocycles. The number of hydrogen-bond donors (Lipinski definition) is 1. The van der Waals surface area contributed by atoms with Gasteiger partial charge in [-0.1, -0.05) is 0 Å². The summed E-state index contributed by atoms with van der Waals surface area (Å²) in [6, 6.07) is 0. The van der Waals surface area contributed by atoms with Gasteiger partial charge in [-0.3, -0.25) is 0 Å². The molecule has 1 rings (SSSR count). The Balaban J connectivity index is 2.33. The molecule has 1 fully saturated rings. The van der Waals surface area contributed by atoms with Crippen LogP contribution in [0.2, 0.25) is 0 Å². The lowest BCUT2D eigenvalue weighted by atomic mass is 10.4. The molecule has 7 heavy (non-hydrogen) atoms. The van der Waals surface area contributed by atoms with Crippen LogP contribution in [0.4, 0.5) is 0 Å². The van der Waals surface area contributed by atoms with Gasteiger partial charge in [0.05, 0.1) is 6.10 Å². The predicted molar refractivity (Wildman–Crippen MR) is 22.0 cm³/mol. The highest BCUT2D eigenvalue weighted by molar-refractivity contribution is 5.75. The summed E-state index contributed by atoms with van der Waals surface area (Å²) in [5.74, 6) is -0.854. The van der Waals surface area contributed by atoms with E-state index in [9.17, 15) is 4.79 Å². The number of epoxide rings is 1. The van der Waals surface area contributed by atoms with Gasteiger partial charge in [-0.25, -0.2) is 4.79 Å². The van der Waals surface area contributed by atoms with E-state index in [-0.39, 0.29) is 6.10 Å². The van der Waals surface area contributed by atoms with Gasteiger partial charge in [-0.2, -0.15) is 0 Å². The highest BCUT2D eigenvalue weighted by atomic mass is 16.6. The number of aliphatic carboxylic acids is 1. The van der Waals surface area contributed by atoms with Crippen LogP contribution in [-0.2, 0) is 9.53 Å². The van der Waals surface area contributed by atoms with E-state index < -0.39 is 12.1 Å². The van der Waals surface area contributed by atoms with Crippen LogP contribution in [0.25, 0.3) is 0 Å². The maximum atomic E-state index is 9.85. The van der Waals surface area contributed by atoms with Crippen molar-refractivity contribution >= 4 is 5.97 Å². The van der Waals surface area contributed by atoms with Crippen molar-refractivity contribution in [2.45, 2.75) is 19.1 Å². The van der Waals surface area contributed by atoms with Gasteiger partial charge in [0.1, 0.15) is 0 Å². The van der Waals surface area contributed by atoms with E-state index in [0.717, 1.165) is 0 Å². The lowest BCUT2D eigenvalue weighted by Crippen LogP contribution is -2.05. The average molecular weight is 102 g/mol. The van der Waals surface area contributed by atoms with Crippen molar-refractivity contribution < 1.29 is 14.6 Å². The molecule has 0 unspecified atom stereocenters. The number of hydrogen-bond acceptors (Lipinski definition) is 2. The maximum Gasteiger partial charge on any atom is 0.335 e. The molecule has 0 aromatic rings. The van der Waals surface area contributed by atoms with E-state index in [0.29, 0.717) is 0 Å². The molecule has 0 saturated carbocycles. The van der Waals surface area contributed by atoms with Crippen LogP contribution in [0.5, 0.6) is 0 Å². The Labute approximate surface area is 40.9 Å². The molecule has 3 heteroatoms. The van der Waals surface area contributed by atoms with Crippen molar-refractivity contribution in [3.05, 3.63) is 0 Å². The minimum absolute atomic E-state index is 0.0579. The fourth-order valence-corrected chi connectivity index (χ4v) is 0.445. The Morgan fingerprint density at radius 2 is 2.29 bits per heavy atom. The van der Waals surface area contributed by atoms with Gasteiger partial charge in [0.2, 0.25) is 0 Å². The molecule has 1 N–H and O–H groups in total. The number of carboxylic acid groups (broad SMARTS) is 1. The highest BCUT2D eigenvalue weighted by Crippen LogP contribution is 2.20. The third kappa shape index (κ3) is 0.718. The molecule has 0 radical (unpaired) electrons. The monoisotopic (exact) mass is 102 g/mol. The second-order valence-electron chi connectivity index (χ2n) is 1.60. The second-order valence-corrected chi connectivity index (χ2v) is 1.60. The Kier molecular flexibility index (Phi) is 0.785. The Bertz CT molecular complexity index is 99.1. The maximum absolute atomic E-state index is 9.85. The van der Waals surface area contributed by atoms with Crippen LogP contribution in [0.1, 0.15) is 6.92 Å². The summed E-state index contributed by atoms with van der Waals surface area (Å²) in [6.45, 7) is 1.73. The Morgan fingerprint density at radius 1 is 1.86 bits per heavy atom. The zero-order valence-corrected chi connectivity index (χ0v) is 3.92. The Hall–Kier alpha value is -0.570. The van der Waals surface area contributed by atoms with Crippen LogP contribution in [0.3, 0.4) is 0 Å². The van der Waals surface area contributed by atoms with Crippen molar-refractivity contribution in [3.8, 4) is 0 Å². The summed E-state index contributed by atoms with van der Waals surface area (Å²) in [5, 5.41) is 8.10. The molecule has 0 aliphatic carbocycles. The van der Waals surface area contributed by atoms with Crippen LogP contribution in [0, 0.1) is 0 Å². The molecule has 1 saturated heterocycles. The fraction of sp³-hybridized carbons (Fsp3) is 0.750. The zero-order valence-electron chi connectivity index (χ0n) is 3.92. The summed E-state index contributed by atoms with van der Waals surface area (Å²) in [7, 11) is 0. The van der Waals surface area contributed by atoms with Gasteiger partial charge in [0, 0.05) is 0 Å². The number of ether oxygens (including phenoxy) is 1. The highest BCUT2D eigenvalue weighted by Gasteiger charge is 2.40. The molecule has 1 heterocycles. The molecule has 2 atom stereocenters.